The molecule has 102 valence electrons. The van der Waals surface area contributed by atoms with E-state index in [4.69, 9.17) is 0 Å². The van der Waals surface area contributed by atoms with Crippen molar-refractivity contribution in [3.63, 3.8) is 0 Å². The number of nitrogens with zero attached hydrogens (tertiary/aromatic N) is 2. The maximum absolute atomic E-state index is 13.3. The summed E-state index contributed by atoms with van der Waals surface area (Å²) in [6.45, 7) is 16.9. The van der Waals surface area contributed by atoms with Gasteiger partial charge in [0, 0.05) is 30.2 Å². The number of hydrogen-bond donors (Lipinski definition) is 0. The summed E-state index contributed by atoms with van der Waals surface area (Å²) in [5, 5.41) is 0. The Labute approximate surface area is 106 Å². The number of alkyl halides is 1. The van der Waals surface area contributed by atoms with Crippen molar-refractivity contribution in [3.8, 4) is 0 Å². The van der Waals surface area contributed by atoms with Gasteiger partial charge < -0.3 is 0 Å². The Hall–Kier alpha value is -0.150. The number of halogens is 1. The second kappa shape index (κ2) is 4.85. The maximum Gasteiger partial charge on any atom is 0.106 e. The van der Waals surface area contributed by atoms with Gasteiger partial charge in [-0.2, -0.15) is 0 Å². The van der Waals surface area contributed by atoms with Gasteiger partial charge in [0.15, 0.2) is 0 Å². The van der Waals surface area contributed by atoms with Crippen molar-refractivity contribution in [1.29, 1.82) is 0 Å². The lowest BCUT2D eigenvalue weighted by molar-refractivity contribution is -0.0587. The Balaban J connectivity index is 2.86. The molecule has 0 spiro atoms. The van der Waals surface area contributed by atoms with E-state index in [1.165, 1.54) is 0 Å². The maximum atomic E-state index is 13.3. The Bertz CT molecular complexity index is 252. The molecular formula is C14H29FN2. The van der Waals surface area contributed by atoms with Gasteiger partial charge in [0.1, 0.15) is 6.67 Å². The summed E-state index contributed by atoms with van der Waals surface area (Å²) in [5.74, 6) is 0. The summed E-state index contributed by atoms with van der Waals surface area (Å²) in [4.78, 5) is 4.75. The van der Waals surface area contributed by atoms with Gasteiger partial charge in [-0.15, -0.1) is 0 Å². The molecule has 0 aromatic carbocycles. The first kappa shape index (κ1) is 14.9. The zero-order chi connectivity index (χ0) is 13.4. The van der Waals surface area contributed by atoms with Crippen LogP contribution in [0.1, 0.15) is 48.5 Å². The minimum absolute atomic E-state index is 0.0328. The fourth-order valence-corrected chi connectivity index (χ4v) is 2.93. The molecule has 1 unspecified atom stereocenters. The third kappa shape index (κ3) is 3.41. The van der Waals surface area contributed by atoms with Gasteiger partial charge in [0.2, 0.25) is 0 Å². The van der Waals surface area contributed by atoms with E-state index in [0.29, 0.717) is 6.04 Å². The van der Waals surface area contributed by atoms with E-state index in [9.17, 15) is 4.39 Å². The van der Waals surface area contributed by atoms with E-state index >= 15 is 0 Å². The van der Waals surface area contributed by atoms with E-state index in [1.54, 1.807) is 0 Å². The van der Waals surface area contributed by atoms with Crippen LogP contribution in [0, 0.1) is 0 Å². The molecule has 2 nitrogen and oxygen atoms in total. The molecule has 0 saturated carbocycles. The van der Waals surface area contributed by atoms with Crippen LogP contribution in [0.3, 0.4) is 0 Å². The van der Waals surface area contributed by atoms with Gasteiger partial charge in [-0.3, -0.25) is 9.80 Å². The SMILES string of the molecule is CC1CN(C(C)(C)C)[C@@H](CF)CN1C(C)(C)C. The Morgan fingerprint density at radius 3 is 1.76 bits per heavy atom. The van der Waals surface area contributed by atoms with E-state index < -0.39 is 0 Å². The topological polar surface area (TPSA) is 6.48 Å². The summed E-state index contributed by atoms with van der Waals surface area (Å²) < 4.78 is 13.3. The van der Waals surface area contributed by atoms with Gasteiger partial charge in [-0.25, -0.2) is 4.39 Å². The molecular weight excluding hydrogens is 215 g/mol. The molecule has 1 aliphatic rings. The first-order valence-electron chi connectivity index (χ1n) is 6.67. The fraction of sp³-hybridized carbons (Fsp3) is 1.00. The van der Waals surface area contributed by atoms with Gasteiger partial charge in [0.05, 0.1) is 6.04 Å². The minimum atomic E-state index is -0.253. The molecule has 0 bridgehead atoms. The predicted octanol–water partition coefficient (Wildman–Crippen LogP) is 2.93. The standard InChI is InChI=1S/C14H29FN2/c1-11-9-17(14(5,6)7)12(8-15)10-16(11)13(2,3)4/h11-12H,8-10H2,1-7H3/t11?,12-/m0/s1. The van der Waals surface area contributed by atoms with Crippen molar-refractivity contribution in [3.05, 3.63) is 0 Å². The molecule has 0 aromatic heterocycles. The van der Waals surface area contributed by atoms with Crippen LogP contribution in [0.25, 0.3) is 0 Å². The van der Waals surface area contributed by atoms with Gasteiger partial charge >= 0.3 is 0 Å². The summed E-state index contributed by atoms with van der Waals surface area (Å²) in [7, 11) is 0. The highest BCUT2D eigenvalue weighted by Crippen LogP contribution is 2.28. The molecule has 0 N–H and O–H groups in total. The first-order valence-corrected chi connectivity index (χ1v) is 6.67. The van der Waals surface area contributed by atoms with Gasteiger partial charge in [-0.05, 0) is 48.5 Å². The van der Waals surface area contributed by atoms with E-state index in [0.717, 1.165) is 13.1 Å². The minimum Gasteiger partial charge on any atom is -0.293 e. The predicted molar refractivity (Wildman–Crippen MR) is 72.1 cm³/mol. The number of rotatable bonds is 1. The van der Waals surface area contributed by atoms with E-state index in [2.05, 4.69) is 58.3 Å². The zero-order valence-corrected chi connectivity index (χ0v) is 12.5. The average molecular weight is 244 g/mol. The van der Waals surface area contributed by atoms with Crippen molar-refractivity contribution >= 4 is 0 Å². The summed E-state index contributed by atoms with van der Waals surface area (Å²) in [6, 6.07) is 0.516. The molecule has 1 aliphatic heterocycles. The molecule has 3 heteroatoms. The summed E-state index contributed by atoms with van der Waals surface area (Å²) in [6.07, 6.45) is 0. The molecule has 1 rings (SSSR count). The first-order chi connectivity index (χ1) is 7.57. The van der Waals surface area contributed by atoms with Crippen molar-refractivity contribution in [2.24, 2.45) is 0 Å². The highest BCUT2D eigenvalue weighted by atomic mass is 19.1. The van der Waals surface area contributed by atoms with Crippen LogP contribution >= 0.6 is 0 Å². The molecule has 1 heterocycles. The summed E-state index contributed by atoms with van der Waals surface area (Å²) >= 11 is 0. The fourth-order valence-electron chi connectivity index (χ4n) is 2.93. The van der Waals surface area contributed by atoms with Crippen molar-refractivity contribution in [2.45, 2.75) is 71.6 Å². The molecule has 0 aromatic rings. The van der Waals surface area contributed by atoms with Crippen LogP contribution in [0.2, 0.25) is 0 Å². The van der Waals surface area contributed by atoms with Crippen LogP contribution in [0.5, 0.6) is 0 Å². The monoisotopic (exact) mass is 244 g/mol. The molecule has 1 fully saturated rings. The largest absolute Gasteiger partial charge is 0.293 e. The molecule has 2 atom stereocenters. The average Bonchev–Trinajstić information content (AvgIpc) is 2.14. The van der Waals surface area contributed by atoms with Crippen LogP contribution in [0.4, 0.5) is 4.39 Å². The number of piperazine rings is 1. The van der Waals surface area contributed by atoms with Crippen molar-refractivity contribution in [2.75, 3.05) is 19.8 Å². The van der Waals surface area contributed by atoms with Crippen LogP contribution in [0.15, 0.2) is 0 Å². The van der Waals surface area contributed by atoms with Crippen LogP contribution in [-0.2, 0) is 0 Å². The Kier molecular flexibility index (Phi) is 4.25. The zero-order valence-electron chi connectivity index (χ0n) is 12.5. The lowest BCUT2D eigenvalue weighted by Crippen LogP contribution is -2.66. The molecule has 0 amide bonds. The highest BCUT2D eigenvalue weighted by Gasteiger charge is 2.40. The second-order valence-electron chi connectivity index (χ2n) is 7.30. The second-order valence-corrected chi connectivity index (χ2v) is 7.30. The normalized spacial score (nSPS) is 29.6. The summed E-state index contributed by atoms with van der Waals surface area (Å²) in [5.41, 5.74) is 0.172. The Morgan fingerprint density at radius 2 is 1.41 bits per heavy atom. The smallest absolute Gasteiger partial charge is 0.106 e. The van der Waals surface area contributed by atoms with Crippen LogP contribution < -0.4 is 0 Å². The molecule has 0 aliphatic carbocycles. The molecule has 1 saturated heterocycles. The van der Waals surface area contributed by atoms with Crippen LogP contribution in [-0.4, -0.2) is 52.7 Å². The quantitative estimate of drug-likeness (QED) is 0.700. The lowest BCUT2D eigenvalue weighted by atomic mass is 9.94. The van der Waals surface area contributed by atoms with E-state index in [-0.39, 0.29) is 23.8 Å². The third-order valence-corrected chi connectivity index (χ3v) is 3.74. The van der Waals surface area contributed by atoms with Gasteiger partial charge in [0.25, 0.3) is 0 Å². The lowest BCUT2D eigenvalue weighted by Gasteiger charge is -2.53. The van der Waals surface area contributed by atoms with E-state index in [1.807, 2.05) is 0 Å². The molecule has 17 heavy (non-hydrogen) atoms. The van der Waals surface area contributed by atoms with Crippen molar-refractivity contribution < 1.29 is 4.39 Å². The third-order valence-electron chi connectivity index (χ3n) is 3.74. The highest BCUT2D eigenvalue weighted by molar-refractivity contribution is 4.96. The van der Waals surface area contributed by atoms with Gasteiger partial charge in [-0.1, -0.05) is 0 Å². The Morgan fingerprint density at radius 1 is 0.941 bits per heavy atom. The van der Waals surface area contributed by atoms with Crippen molar-refractivity contribution in [1.82, 2.24) is 9.80 Å². The number of hydrogen-bond acceptors (Lipinski definition) is 2. The molecule has 0 radical (unpaired) electrons.